The number of hydrogen-bond donors (Lipinski definition) is 1. The zero-order valence-electron chi connectivity index (χ0n) is 13.0. The Morgan fingerprint density at radius 1 is 0.947 bits per heavy atom. The number of hydrogen-bond acceptors (Lipinski definition) is 2. The standard InChI is InChI=1S/C16H30N2O/c1-15(2)10-14(11-16(3,4)17-15)18(12-19)13-8-6-5-7-9-13/h12-14,17H,5-11H2,1-4H3. The molecule has 1 heterocycles. The fourth-order valence-corrected chi connectivity index (χ4v) is 4.33. The van der Waals surface area contributed by atoms with E-state index in [0.29, 0.717) is 12.1 Å². The monoisotopic (exact) mass is 266 g/mol. The fraction of sp³-hybridized carbons (Fsp3) is 0.938. The molecule has 1 aliphatic carbocycles. The van der Waals surface area contributed by atoms with E-state index in [1.165, 1.54) is 32.1 Å². The minimum Gasteiger partial charge on any atom is -0.339 e. The molecule has 2 rings (SSSR count). The Kier molecular flexibility index (Phi) is 4.24. The van der Waals surface area contributed by atoms with Crippen LogP contribution < -0.4 is 5.32 Å². The zero-order valence-corrected chi connectivity index (χ0v) is 13.0. The Bertz CT molecular complexity index is 303. The lowest BCUT2D eigenvalue weighted by Crippen LogP contribution is -2.63. The zero-order chi connectivity index (χ0) is 14.1. The molecule has 0 unspecified atom stereocenters. The van der Waals surface area contributed by atoms with Crippen LogP contribution in [0.15, 0.2) is 0 Å². The Balaban J connectivity index is 2.10. The highest BCUT2D eigenvalue weighted by Crippen LogP contribution is 2.34. The van der Waals surface area contributed by atoms with Crippen molar-refractivity contribution >= 4 is 6.41 Å². The van der Waals surface area contributed by atoms with Gasteiger partial charge in [0.15, 0.2) is 0 Å². The van der Waals surface area contributed by atoms with Crippen molar-refractivity contribution in [3.63, 3.8) is 0 Å². The summed E-state index contributed by atoms with van der Waals surface area (Å²) in [6, 6.07) is 0.882. The van der Waals surface area contributed by atoms with Gasteiger partial charge in [0.1, 0.15) is 0 Å². The maximum Gasteiger partial charge on any atom is 0.210 e. The second kappa shape index (κ2) is 5.43. The molecule has 110 valence electrons. The second-order valence-electron chi connectivity index (χ2n) is 7.80. The summed E-state index contributed by atoms with van der Waals surface area (Å²) in [5.74, 6) is 0. The molecule has 3 nitrogen and oxygen atoms in total. The summed E-state index contributed by atoms with van der Waals surface area (Å²) in [5.41, 5.74) is 0.227. The van der Waals surface area contributed by atoms with Gasteiger partial charge in [-0.1, -0.05) is 19.3 Å². The first kappa shape index (κ1) is 14.8. The molecular formula is C16H30N2O. The van der Waals surface area contributed by atoms with Gasteiger partial charge < -0.3 is 10.2 Å². The van der Waals surface area contributed by atoms with Crippen LogP contribution in [0.4, 0.5) is 0 Å². The van der Waals surface area contributed by atoms with Gasteiger partial charge in [0, 0.05) is 23.2 Å². The Morgan fingerprint density at radius 3 is 1.95 bits per heavy atom. The number of rotatable bonds is 3. The van der Waals surface area contributed by atoms with E-state index in [1.807, 2.05) is 0 Å². The third-order valence-corrected chi connectivity index (χ3v) is 4.71. The SMILES string of the molecule is CC1(C)CC(N(C=O)C2CCCCC2)CC(C)(C)N1. The highest BCUT2D eigenvalue weighted by atomic mass is 16.1. The molecule has 0 atom stereocenters. The van der Waals surface area contributed by atoms with Gasteiger partial charge in [-0.3, -0.25) is 4.79 Å². The fourth-order valence-electron chi connectivity index (χ4n) is 4.33. The maximum absolute atomic E-state index is 11.6. The van der Waals surface area contributed by atoms with E-state index >= 15 is 0 Å². The normalized spacial score (nSPS) is 28.0. The van der Waals surface area contributed by atoms with E-state index in [2.05, 4.69) is 37.9 Å². The van der Waals surface area contributed by atoms with Gasteiger partial charge in [0.05, 0.1) is 0 Å². The molecular weight excluding hydrogens is 236 g/mol. The lowest BCUT2D eigenvalue weighted by atomic mass is 9.78. The summed E-state index contributed by atoms with van der Waals surface area (Å²) in [6.07, 6.45) is 9.55. The topological polar surface area (TPSA) is 32.3 Å². The van der Waals surface area contributed by atoms with Crippen LogP contribution in [0.2, 0.25) is 0 Å². The van der Waals surface area contributed by atoms with Gasteiger partial charge in [-0.2, -0.15) is 0 Å². The lowest BCUT2D eigenvalue weighted by molar-refractivity contribution is -0.125. The summed E-state index contributed by atoms with van der Waals surface area (Å²) >= 11 is 0. The molecule has 0 radical (unpaired) electrons. The lowest BCUT2D eigenvalue weighted by Gasteiger charge is -2.50. The molecule has 0 aromatic heterocycles. The van der Waals surface area contributed by atoms with Crippen molar-refractivity contribution in [2.45, 2.75) is 95.8 Å². The summed E-state index contributed by atoms with van der Waals surface area (Å²) in [6.45, 7) is 9.02. The first-order chi connectivity index (χ1) is 8.83. The van der Waals surface area contributed by atoms with Crippen molar-refractivity contribution in [3.8, 4) is 0 Å². The van der Waals surface area contributed by atoms with Gasteiger partial charge in [-0.25, -0.2) is 0 Å². The van der Waals surface area contributed by atoms with E-state index in [-0.39, 0.29) is 11.1 Å². The first-order valence-corrected chi connectivity index (χ1v) is 7.85. The Labute approximate surface area is 118 Å². The van der Waals surface area contributed by atoms with Gasteiger partial charge in [-0.05, 0) is 53.4 Å². The summed E-state index contributed by atoms with van der Waals surface area (Å²) in [4.78, 5) is 13.8. The highest BCUT2D eigenvalue weighted by molar-refractivity contribution is 5.49. The molecule has 1 N–H and O–H groups in total. The van der Waals surface area contributed by atoms with Crippen LogP contribution in [0.1, 0.15) is 72.6 Å². The summed E-state index contributed by atoms with van der Waals surface area (Å²) < 4.78 is 0. The van der Waals surface area contributed by atoms with E-state index in [9.17, 15) is 4.79 Å². The van der Waals surface area contributed by atoms with E-state index in [4.69, 9.17) is 0 Å². The average molecular weight is 266 g/mol. The second-order valence-corrected chi connectivity index (χ2v) is 7.80. The van der Waals surface area contributed by atoms with Crippen LogP contribution in [-0.4, -0.2) is 34.5 Å². The molecule has 0 aromatic rings. The molecule has 1 aliphatic heterocycles. The van der Waals surface area contributed by atoms with Gasteiger partial charge in [0.25, 0.3) is 0 Å². The predicted molar refractivity (Wildman–Crippen MR) is 79.1 cm³/mol. The molecule has 1 saturated heterocycles. The van der Waals surface area contributed by atoms with Crippen molar-refractivity contribution < 1.29 is 4.79 Å². The van der Waals surface area contributed by atoms with Crippen LogP contribution in [0.5, 0.6) is 0 Å². The number of nitrogens with zero attached hydrogens (tertiary/aromatic N) is 1. The van der Waals surface area contributed by atoms with E-state index in [0.717, 1.165) is 19.3 Å². The molecule has 0 bridgehead atoms. The molecule has 3 heteroatoms. The van der Waals surface area contributed by atoms with Crippen LogP contribution >= 0.6 is 0 Å². The molecule has 2 fully saturated rings. The number of piperidine rings is 1. The highest BCUT2D eigenvalue weighted by Gasteiger charge is 2.41. The number of amides is 1. The largest absolute Gasteiger partial charge is 0.339 e. The predicted octanol–water partition coefficient (Wildman–Crippen LogP) is 3.09. The minimum atomic E-state index is 0.113. The van der Waals surface area contributed by atoms with Crippen LogP contribution in [0.3, 0.4) is 0 Å². The summed E-state index contributed by atoms with van der Waals surface area (Å²) in [5, 5.41) is 3.70. The first-order valence-electron chi connectivity index (χ1n) is 7.85. The maximum atomic E-state index is 11.6. The van der Waals surface area contributed by atoms with Crippen LogP contribution in [0, 0.1) is 0 Å². The molecule has 0 aromatic carbocycles. The van der Waals surface area contributed by atoms with Crippen LogP contribution in [0.25, 0.3) is 0 Å². The molecule has 19 heavy (non-hydrogen) atoms. The molecule has 1 amide bonds. The molecule has 2 aliphatic rings. The van der Waals surface area contributed by atoms with Crippen molar-refractivity contribution in [3.05, 3.63) is 0 Å². The van der Waals surface area contributed by atoms with Crippen molar-refractivity contribution in [1.82, 2.24) is 10.2 Å². The molecule has 0 spiro atoms. The Hall–Kier alpha value is -0.570. The quantitative estimate of drug-likeness (QED) is 0.796. The third-order valence-electron chi connectivity index (χ3n) is 4.71. The minimum absolute atomic E-state index is 0.113. The van der Waals surface area contributed by atoms with Crippen molar-refractivity contribution in [1.29, 1.82) is 0 Å². The third kappa shape index (κ3) is 3.71. The van der Waals surface area contributed by atoms with E-state index in [1.54, 1.807) is 0 Å². The summed E-state index contributed by atoms with van der Waals surface area (Å²) in [7, 11) is 0. The Morgan fingerprint density at radius 2 is 1.47 bits per heavy atom. The average Bonchev–Trinajstić information content (AvgIpc) is 2.27. The van der Waals surface area contributed by atoms with Crippen molar-refractivity contribution in [2.75, 3.05) is 0 Å². The smallest absolute Gasteiger partial charge is 0.210 e. The number of carbonyl (C=O) groups is 1. The molecule has 1 saturated carbocycles. The van der Waals surface area contributed by atoms with E-state index < -0.39 is 0 Å². The van der Waals surface area contributed by atoms with Crippen molar-refractivity contribution in [2.24, 2.45) is 0 Å². The van der Waals surface area contributed by atoms with Gasteiger partial charge >= 0.3 is 0 Å². The number of carbonyl (C=O) groups excluding carboxylic acids is 1. The number of nitrogens with one attached hydrogen (secondary N) is 1. The van der Waals surface area contributed by atoms with Gasteiger partial charge in [0.2, 0.25) is 6.41 Å². The van der Waals surface area contributed by atoms with Crippen LogP contribution in [-0.2, 0) is 4.79 Å². The van der Waals surface area contributed by atoms with Gasteiger partial charge in [-0.15, -0.1) is 0 Å².